The number of rotatable bonds is 0. The summed E-state index contributed by atoms with van der Waals surface area (Å²) in [4.78, 5) is 0. The van der Waals surface area contributed by atoms with Crippen LogP contribution >= 0.6 is 0 Å². The Balaban J connectivity index is 0.000000371. The van der Waals surface area contributed by atoms with E-state index in [1.807, 2.05) is 13.8 Å². The molecule has 0 aromatic rings. The first kappa shape index (κ1) is 9.92. The highest BCUT2D eigenvalue weighted by molar-refractivity contribution is 4.61. The van der Waals surface area contributed by atoms with Gasteiger partial charge in [-0.3, -0.25) is 0 Å². The summed E-state index contributed by atoms with van der Waals surface area (Å²) in [7, 11) is 0. The molecule has 1 saturated heterocycles. The van der Waals surface area contributed by atoms with Gasteiger partial charge in [0.05, 0.1) is 6.54 Å². The molecule has 0 radical (unpaired) electrons. The van der Waals surface area contributed by atoms with Crippen LogP contribution in [0.5, 0.6) is 0 Å². The van der Waals surface area contributed by atoms with Crippen molar-refractivity contribution >= 4 is 0 Å². The Morgan fingerprint density at radius 1 is 1.30 bits per heavy atom. The topological polar surface area (TPSA) is 36.8 Å². The second kappa shape index (κ2) is 5.69. The molecule has 0 saturated carbocycles. The first-order valence-electron chi connectivity index (χ1n) is 4.29. The zero-order chi connectivity index (χ0) is 7.98. The number of aliphatic hydroxyl groups excluding tert-OH is 1. The fourth-order valence-electron chi connectivity index (χ4n) is 1.23. The van der Waals surface area contributed by atoms with E-state index in [0.29, 0.717) is 5.92 Å². The van der Waals surface area contributed by atoms with Crippen molar-refractivity contribution in [3.8, 4) is 0 Å². The average molecular weight is 146 g/mol. The lowest BCUT2D eigenvalue weighted by atomic mass is 10.0. The van der Waals surface area contributed by atoms with Crippen LogP contribution in [0.4, 0.5) is 0 Å². The van der Waals surface area contributed by atoms with E-state index in [1.54, 1.807) is 0 Å². The van der Waals surface area contributed by atoms with Crippen molar-refractivity contribution in [1.82, 2.24) is 0 Å². The highest BCUT2D eigenvalue weighted by atomic mass is 16.3. The molecule has 10 heavy (non-hydrogen) atoms. The van der Waals surface area contributed by atoms with Crippen LogP contribution in [0, 0.1) is 5.92 Å². The second-order valence-corrected chi connectivity index (χ2v) is 2.75. The molecular formula is C8H20NO+. The summed E-state index contributed by atoms with van der Waals surface area (Å²) < 4.78 is 0. The molecule has 0 amide bonds. The Kier molecular flexibility index (Phi) is 5.64. The SMILES string of the molecule is CC.CC1C[NH2+]CC(O)C1. The molecule has 0 aromatic carbocycles. The van der Waals surface area contributed by atoms with Crippen LogP contribution in [0.3, 0.4) is 0 Å². The van der Waals surface area contributed by atoms with Crippen molar-refractivity contribution in [2.45, 2.75) is 33.3 Å². The van der Waals surface area contributed by atoms with Gasteiger partial charge in [0.25, 0.3) is 0 Å². The number of hydrogen-bond acceptors (Lipinski definition) is 1. The van der Waals surface area contributed by atoms with E-state index in [-0.39, 0.29) is 6.10 Å². The summed E-state index contributed by atoms with van der Waals surface area (Å²) in [6.07, 6.45) is 0.954. The van der Waals surface area contributed by atoms with E-state index in [4.69, 9.17) is 5.11 Å². The molecule has 2 unspecified atom stereocenters. The maximum atomic E-state index is 9.05. The molecule has 1 aliphatic heterocycles. The second-order valence-electron chi connectivity index (χ2n) is 2.75. The monoisotopic (exact) mass is 146 g/mol. The van der Waals surface area contributed by atoms with Gasteiger partial charge in [-0.25, -0.2) is 0 Å². The van der Waals surface area contributed by atoms with Gasteiger partial charge in [-0.1, -0.05) is 20.8 Å². The highest BCUT2D eigenvalue weighted by Crippen LogP contribution is 2.04. The summed E-state index contributed by atoms with van der Waals surface area (Å²) in [5.74, 6) is 0.707. The Bertz CT molecular complexity index is 67.7. The molecule has 2 heteroatoms. The van der Waals surface area contributed by atoms with Gasteiger partial charge in [-0.05, 0) is 6.42 Å². The fraction of sp³-hybridized carbons (Fsp3) is 1.00. The van der Waals surface area contributed by atoms with Crippen LogP contribution in [0.15, 0.2) is 0 Å². The average Bonchev–Trinajstić information content (AvgIpc) is 1.91. The van der Waals surface area contributed by atoms with Crippen LogP contribution in [0.25, 0.3) is 0 Å². The number of nitrogens with two attached hydrogens (primary N) is 1. The molecule has 1 heterocycles. The largest absolute Gasteiger partial charge is 0.387 e. The van der Waals surface area contributed by atoms with E-state index < -0.39 is 0 Å². The van der Waals surface area contributed by atoms with Crippen LogP contribution in [0.2, 0.25) is 0 Å². The Morgan fingerprint density at radius 2 is 1.90 bits per heavy atom. The molecule has 0 aromatic heterocycles. The Labute approximate surface area is 63.6 Å². The number of quaternary nitrogens is 1. The van der Waals surface area contributed by atoms with Gasteiger partial charge in [-0.15, -0.1) is 0 Å². The highest BCUT2D eigenvalue weighted by Gasteiger charge is 2.17. The van der Waals surface area contributed by atoms with Crippen molar-refractivity contribution in [2.24, 2.45) is 5.92 Å². The van der Waals surface area contributed by atoms with Crippen molar-refractivity contribution in [2.75, 3.05) is 13.1 Å². The normalized spacial score (nSPS) is 32.4. The number of hydrogen-bond donors (Lipinski definition) is 2. The van der Waals surface area contributed by atoms with E-state index >= 15 is 0 Å². The summed E-state index contributed by atoms with van der Waals surface area (Å²) in [5, 5.41) is 11.2. The third-order valence-corrected chi connectivity index (χ3v) is 1.68. The van der Waals surface area contributed by atoms with Gasteiger partial charge in [0.15, 0.2) is 0 Å². The zero-order valence-corrected chi connectivity index (χ0v) is 7.30. The van der Waals surface area contributed by atoms with Gasteiger partial charge in [0.1, 0.15) is 12.6 Å². The first-order valence-corrected chi connectivity index (χ1v) is 4.29. The van der Waals surface area contributed by atoms with Crippen LogP contribution in [0.1, 0.15) is 27.2 Å². The molecule has 0 bridgehead atoms. The molecule has 3 N–H and O–H groups in total. The Hall–Kier alpha value is -0.0800. The summed E-state index contributed by atoms with van der Waals surface area (Å²) in [6, 6.07) is 0. The Morgan fingerprint density at radius 3 is 2.20 bits per heavy atom. The molecule has 2 atom stereocenters. The summed E-state index contributed by atoms with van der Waals surface area (Å²) in [6.45, 7) is 8.28. The van der Waals surface area contributed by atoms with E-state index in [1.165, 1.54) is 6.54 Å². The lowest BCUT2D eigenvalue weighted by molar-refractivity contribution is -0.675. The van der Waals surface area contributed by atoms with Crippen LogP contribution in [-0.4, -0.2) is 24.3 Å². The number of piperidine rings is 1. The minimum absolute atomic E-state index is 0.0428. The van der Waals surface area contributed by atoms with Gasteiger partial charge in [0, 0.05) is 5.92 Å². The third-order valence-electron chi connectivity index (χ3n) is 1.68. The smallest absolute Gasteiger partial charge is 0.103 e. The van der Waals surface area contributed by atoms with E-state index in [0.717, 1.165) is 13.0 Å². The van der Waals surface area contributed by atoms with Crippen molar-refractivity contribution in [3.05, 3.63) is 0 Å². The molecular weight excluding hydrogens is 126 g/mol. The lowest BCUT2D eigenvalue weighted by Gasteiger charge is -2.20. The van der Waals surface area contributed by atoms with Crippen molar-refractivity contribution in [3.63, 3.8) is 0 Å². The molecule has 1 aliphatic rings. The molecule has 62 valence electrons. The van der Waals surface area contributed by atoms with Crippen LogP contribution in [-0.2, 0) is 0 Å². The zero-order valence-electron chi connectivity index (χ0n) is 7.30. The van der Waals surface area contributed by atoms with Crippen LogP contribution < -0.4 is 5.32 Å². The van der Waals surface area contributed by atoms with E-state index in [9.17, 15) is 0 Å². The van der Waals surface area contributed by atoms with Gasteiger partial charge >= 0.3 is 0 Å². The van der Waals surface area contributed by atoms with Gasteiger partial charge in [0.2, 0.25) is 0 Å². The maximum Gasteiger partial charge on any atom is 0.103 e. The fourth-order valence-corrected chi connectivity index (χ4v) is 1.23. The molecule has 1 rings (SSSR count). The quantitative estimate of drug-likeness (QED) is 0.495. The molecule has 0 spiro atoms. The number of aliphatic hydroxyl groups is 1. The van der Waals surface area contributed by atoms with Gasteiger partial charge in [-0.2, -0.15) is 0 Å². The first-order chi connectivity index (χ1) is 4.79. The van der Waals surface area contributed by atoms with Crippen molar-refractivity contribution < 1.29 is 10.4 Å². The molecule has 0 aliphatic carbocycles. The summed E-state index contributed by atoms with van der Waals surface area (Å²) >= 11 is 0. The molecule has 2 nitrogen and oxygen atoms in total. The third kappa shape index (κ3) is 3.85. The summed E-state index contributed by atoms with van der Waals surface area (Å²) in [5.41, 5.74) is 0. The maximum absolute atomic E-state index is 9.05. The molecule has 1 fully saturated rings. The minimum atomic E-state index is -0.0428. The standard InChI is InChI=1S/C6H13NO.C2H6/c1-5-2-6(8)4-7-3-5;1-2/h5-8H,2-4H2,1H3;1-2H3/p+1. The van der Waals surface area contributed by atoms with Gasteiger partial charge < -0.3 is 10.4 Å². The van der Waals surface area contributed by atoms with E-state index in [2.05, 4.69) is 12.2 Å². The minimum Gasteiger partial charge on any atom is -0.387 e. The lowest BCUT2D eigenvalue weighted by Crippen LogP contribution is -2.89. The predicted molar refractivity (Wildman–Crippen MR) is 42.8 cm³/mol. The van der Waals surface area contributed by atoms with Crippen molar-refractivity contribution in [1.29, 1.82) is 0 Å². The predicted octanol–water partition coefficient (Wildman–Crippen LogP) is -0.0233.